The molecule has 0 radical (unpaired) electrons. The summed E-state index contributed by atoms with van der Waals surface area (Å²) >= 11 is 7.74. The molecule has 2 N–H and O–H groups in total. The maximum absolute atomic E-state index is 13.9. The Bertz CT molecular complexity index is 1540. The highest BCUT2D eigenvalue weighted by Crippen LogP contribution is 2.47. The zero-order valence-electron chi connectivity index (χ0n) is 18.6. The van der Waals surface area contributed by atoms with E-state index in [1.165, 1.54) is 12.1 Å². The Morgan fingerprint density at radius 1 is 1.06 bits per heavy atom. The predicted octanol–water partition coefficient (Wildman–Crippen LogP) is 7.24. The Labute approximate surface area is 210 Å². The van der Waals surface area contributed by atoms with Gasteiger partial charge in [-0.05, 0) is 82.5 Å². The van der Waals surface area contributed by atoms with E-state index in [-0.39, 0.29) is 16.6 Å². The number of aromatic amines is 1. The molecule has 5 rings (SSSR count). The highest BCUT2D eigenvalue weighted by Gasteiger charge is 2.28. The van der Waals surface area contributed by atoms with Crippen LogP contribution in [0, 0.1) is 11.7 Å². The normalized spacial score (nSPS) is 14.8. The van der Waals surface area contributed by atoms with Gasteiger partial charge < -0.3 is 10.1 Å². The summed E-state index contributed by atoms with van der Waals surface area (Å²) in [5.74, 6) is -1.14. The highest BCUT2D eigenvalue weighted by atomic mass is 35.5. The van der Waals surface area contributed by atoms with Crippen LogP contribution in [0.4, 0.5) is 4.39 Å². The van der Waals surface area contributed by atoms with Crippen LogP contribution < -0.4 is 4.87 Å². The number of rotatable bonds is 6. The summed E-state index contributed by atoms with van der Waals surface area (Å²) < 4.78 is 14.8. The number of aliphatic carboxylic acids is 1. The van der Waals surface area contributed by atoms with Gasteiger partial charge in [0, 0.05) is 6.08 Å². The van der Waals surface area contributed by atoms with Crippen molar-refractivity contribution in [1.29, 1.82) is 0 Å². The lowest BCUT2D eigenvalue weighted by atomic mass is 9.73. The van der Waals surface area contributed by atoms with E-state index in [0.717, 1.165) is 80.3 Å². The minimum Gasteiger partial charge on any atom is -0.478 e. The van der Waals surface area contributed by atoms with Gasteiger partial charge in [0.05, 0.1) is 15.2 Å². The maximum Gasteiger partial charge on any atom is 0.328 e. The molecule has 1 aliphatic rings. The van der Waals surface area contributed by atoms with Gasteiger partial charge in [0.15, 0.2) is 0 Å². The van der Waals surface area contributed by atoms with E-state index in [1.807, 2.05) is 42.5 Å². The molecule has 0 spiro atoms. The van der Waals surface area contributed by atoms with Crippen molar-refractivity contribution in [3.05, 3.63) is 110 Å². The molecule has 0 saturated heterocycles. The minimum absolute atomic E-state index is 0.113. The Kier molecular flexibility index (Phi) is 6.41. The number of carboxylic acid groups (broad SMARTS) is 1. The number of carbonyl (C=O) groups is 1. The van der Waals surface area contributed by atoms with Crippen LogP contribution in [0.15, 0.2) is 71.5 Å². The second-order valence-corrected chi connectivity index (χ2v) is 9.98. The van der Waals surface area contributed by atoms with Gasteiger partial charge in [0.1, 0.15) is 5.82 Å². The van der Waals surface area contributed by atoms with E-state index < -0.39 is 5.97 Å². The largest absolute Gasteiger partial charge is 0.478 e. The standard InChI is InChI=1S/C28H21ClFNO3S/c29-22-15-20(30)10-11-21(22)27(17-2-1-3-17)26(18-7-4-16(5-8-18)6-13-25(32)33)19-9-12-24-23(14-19)31-28(34)35-24/h4-15,17H,1-3H2,(H,31,34)(H,32,33)/b13-6+,27-26+. The molecule has 4 aromatic rings. The number of allylic oxidation sites excluding steroid dienone is 1. The number of H-pyrrole nitrogens is 1. The topological polar surface area (TPSA) is 70.2 Å². The first kappa shape index (κ1) is 23.3. The number of halogens is 2. The smallest absolute Gasteiger partial charge is 0.328 e. The molecule has 1 fully saturated rings. The molecule has 0 atom stereocenters. The molecule has 1 saturated carbocycles. The molecule has 0 bridgehead atoms. The number of nitrogens with one attached hydrogen (secondary N) is 1. The van der Waals surface area contributed by atoms with Crippen LogP contribution in [0.1, 0.15) is 41.5 Å². The number of hydrogen-bond donors (Lipinski definition) is 2. The molecule has 176 valence electrons. The number of carboxylic acids is 1. The van der Waals surface area contributed by atoms with Crippen LogP contribution in [0.3, 0.4) is 0 Å². The summed E-state index contributed by atoms with van der Waals surface area (Å²) in [4.78, 5) is 25.6. The summed E-state index contributed by atoms with van der Waals surface area (Å²) in [6, 6.07) is 18.0. The van der Waals surface area contributed by atoms with Gasteiger partial charge in [-0.25, -0.2) is 9.18 Å². The van der Waals surface area contributed by atoms with Crippen molar-refractivity contribution in [2.75, 3.05) is 0 Å². The molecule has 35 heavy (non-hydrogen) atoms. The third kappa shape index (κ3) is 4.85. The second-order valence-electron chi connectivity index (χ2n) is 8.56. The zero-order chi connectivity index (χ0) is 24.5. The van der Waals surface area contributed by atoms with Crippen molar-refractivity contribution in [1.82, 2.24) is 4.98 Å². The fraction of sp³-hybridized carbons (Fsp3) is 0.143. The number of fused-ring (bicyclic) bond motifs is 1. The van der Waals surface area contributed by atoms with Crippen LogP contribution in [-0.2, 0) is 4.79 Å². The van der Waals surface area contributed by atoms with Crippen LogP contribution in [-0.4, -0.2) is 16.1 Å². The average molecular weight is 506 g/mol. The lowest BCUT2D eigenvalue weighted by Gasteiger charge is -2.32. The van der Waals surface area contributed by atoms with Crippen molar-refractivity contribution in [3.8, 4) is 0 Å². The van der Waals surface area contributed by atoms with E-state index >= 15 is 0 Å². The van der Waals surface area contributed by atoms with Crippen LogP contribution in [0.2, 0.25) is 5.02 Å². The zero-order valence-corrected chi connectivity index (χ0v) is 20.1. The quantitative estimate of drug-likeness (QED) is 0.214. The Balaban J connectivity index is 1.76. The minimum atomic E-state index is -1.01. The van der Waals surface area contributed by atoms with Gasteiger partial charge in [-0.3, -0.25) is 4.79 Å². The summed E-state index contributed by atoms with van der Waals surface area (Å²) in [6.07, 6.45) is 5.76. The molecule has 7 heteroatoms. The van der Waals surface area contributed by atoms with Crippen LogP contribution in [0.25, 0.3) is 27.4 Å². The molecule has 3 aromatic carbocycles. The lowest BCUT2D eigenvalue weighted by Crippen LogP contribution is -2.15. The van der Waals surface area contributed by atoms with Crippen LogP contribution in [0.5, 0.6) is 0 Å². The third-order valence-electron chi connectivity index (χ3n) is 6.33. The first-order valence-electron chi connectivity index (χ1n) is 11.2. The van der Waals surface area contributed by atoms with Crippen molar-refractivity contribution >= 4 is 56.3 Å². The molecule has 0 aliphatic heterocycles. The van der Waals surface area contributed by atoms with Gasteiger partial charge in [0.25, 0.3) is 0 Å². The summed E-state index contributed by atoms with van der Waals surface area (Å²) in [7, 11) is 0. The van der Waals surface area contributed by atoms with E-state index in [0.29, 0.717) is 5.02 Å². The Hall–Kier alpha value is -3.48. The molecular formula is C28H21ClFNO3S. The molecule has 0 unspecified atom stereocenters. The SMILES string of the molecule is O=C(O)/C=C/c1ccc(/C(=C(\c2ccc(F)cc2Cl)C2CCC2)c2ccc3sc(=O)[nH]c3c2)cc1. The van der Waals surface area contributed by atoms with Crippen molar-refractivity contribution in [2.45, 2.75) is 19.3 Å². The highest BCUT2D eigenvalue weighted by molar-refractivity contribution is 7.16. The fourth-order valence-corrected chi connectivity index (χ4v) is 5.46. The molecule has 1 aromatic heterocycles. The molecule has 4 nitrogen and oxygen atoms in total. The fourth-order valence-electron chi connectivity index (χ4n) is 4.48. The van der Waals surface area contributed by atoms with Gasteiger partial charge in [-0.15, -0.1) is 0 Å². The van der Waals surface area contributed by atoms with E-state index in [9.17, 15) is 14.0 Å². The first-order valence-corrected chi connectivity index (χ1v) is 12.4. The van der Waals surface area contributed by atoms with Gasteiger partial charge in [-0.1, -0.05) is 65.8 Å². The molecule has 0 amide bonds. The van der Waals surface area contributed by atoms with E-state index in [2.05, 4.69) is 4.98 Å². The molecular weight excluding hydrogens is 485 g/mol. The van der Waals surface area contributed by atoms with Crippen molar-refractivity contribution in [2.24, 2.45) is 5.92 Å². The van der Waals surface area contributed by atoms with E-state index in [4.69, 9.17) is 16.7 Å². The summed E-state index contributed by atoms with van der Waals surface area (Å²) in [5.41, 5.74) is 6.17. The van der Waals surface area contributed by atoms with Crippen LogP contribution >= 0.6 is 22.9 Å². The number of thiazole rings is 1. The summed E-state index contributed by atoms with van der Waals surface area (Å²) in [5, 5.41) is 9.29. The lowest BCUT2D eigenvalue weighted by molar-refractivity contribution is -0.131. The van der Waals surface area contributed by atoms with Gasteiger partial charge >= 0.3 is 10.8 Å². The van der Waals surface area contributed by atoms with Gasteiger partial charge in [0.2, 0.25) is 0 Å². The maximum atomic E-state index is 13.9. The Morgan fingerprint density at radius 3 is 2.46 bits per heavy atom. The van der Waals surface area contributed by atoms with Crippen molar-refractivity contribution < 1.29 is 14.3 Å². The molecule has 1 heterocycles. The second kappa shape index (κ2) is 9.64. The first-order chi connectivity index (χ1) is 16.9. The van der Waals surface area contributed by atoms with Crippen molar-refractivity contribution in [3.63, 3.8) is 0 Å². The number of hydrogen-bond acceptors (Lipinski definition) is 3. The summed E-state index contributed by atoms with van der Waals surface area (Å²) in [6.45, 7) is 0. The number of benzene rings is 3. The monoisotopic (exact) mass is 505 g/mol. The number of aromatic nitrogens is 1. The molecule has 1 aliphatic carbocycles. The Morgan fingerprint density at radius 2 is 1.80 bits per heavy atom. The average Bonchev–Trinajstić information content (AvgIpc) is 3.16. The van der Waals surface area contributed by atoms with Gasteiger partial charge in [-0.2, -0.15) is 0 Å². The van der Waals surface area contributed by atoms with E-state index in [1.54, 1.807) is 12.1 Å². The predicted molar refractivity (Wildman–Crippen MR) is 140 cm³/mol. The third-order valence-corrected chi connectivity index (χ3v) is 7.51.